The van der Waals surface area contributed by atoms with Crippen molar-refractivity contribution < 1.29 is 9.59 Å². The van der Waals surface area contributed by atoms with Gasteiger partial charge < -0.3 is 15.5 Å². The average Bonchev–Trinajstić information content (AvgIpc) is 2.67. The quantitative estimate of drug-likeness (QED) is 0.797. The van der Waals surface area contributed by atoms with Crippen molar-refractivity contribution in [3.8, 4) is 0 Å². The summed E-state index contributed by atoms with van der Waals surface area (Å²) in [7, 11) is 0. The highest BCUT2D eigenvalue weighted by Crippen LogP contribution is 2.27. The van der Waals surface area contributed by atoms with E-state index in [-0.39, 0.29) is 30.7 Å². The fraction of sp³-hybridized carbons (Fsp3) is 0.500. The molecule has 28 heavy (non-hydrogen) atoms. The molecular formula is C22H30N4O2. The minimum Gasteiger partial charge on any atom is -0.357 e. The average molecular weight is 383 g/mol. The zero-order valence-electron chi connectivity index (χ0n) is 17.0. The predicted octanol–water partition coefficient (Wildman–Crippen LogP) is 3.78. The number of hydrogen-bond donors (Lipinski definition) is 2. The van der Waals surface area contributed by atoms with Crippen LogP contribution in [0.4, 0.5) is 11.5 Å². The lowest BCUT2D eigenvalue weighted by atomic mass is 10.1. The summed E-state index contributed by atoms with van der Waals surface area (Å²) in [4.78, 5) is 31.0. The number of piperidine rings is 1. The van der Waals surface area contributed by atoms with Crippen molar-refractivity contribution in [3.63, 3.8) is 0 Å². The number of carbonyl (C=O) groups excluding carboxylic acids is 2. The molecule has 1 aliphatic heterocycles. The SMILES string of the molecule is Cc1cc(N2CCCCC2)nc2ccc(NC(=O)CCC(=O)NC(C)C)cc12. The Hall–Kier alpha value is -2.63. The topological polar surface area (TPSA) is 74.3 Å². The molecule has 2 aromatic rings. The Bertz CT molecular complexity index is 857. The molecular weight excluding hydrogens is 352 g/mol. The first-order chi connectivity index (χ1) is 13.4. The van der Waals surface area contributed by atoms with E-state index in [4.69, 9.17) is 4.98 Å². The van der Waals surface area contributed by atoms with Gasteiger partial charge in [-0.25, -0.2) is 4.98 Å². The number of pyridine rings is 1. The number of fused-ring (bicyclic) bond motifs is 1. The second-order valence-electron chi connectivity index (χ2n) is 7.85. The van der Waals surface area contributed by atoms with Crippen LogP contribution in [-0.4, -0.2) is 35.9 Å². The lowest BCUT2D eigenvalue weighted by molar-refractivity contribution is -0.124. The second kappa shape index (κ2) is 9.04. The molecule has 0 aliphatic carbocycles. The van der Waals surface area contributed by atoms with Gasteiger partial charge in [0.05, 0.1) is 5.52 Å². The first-order valence-corrected chi connectivity index (χ1v) is 10.2. The van der Waals surface area contributed by atoms with Crippen molar-refractivity contribution in [2.45, 2.75) is 58.9 Å². The highest BCUT2D eigenvalue weighted by Gasteiger charge is 2.14. The molecule has 1 aliphatic rings. The molecule has 2 N–H and O–H groups in total. The second-order valence-corrected chi connectivity index (χ2v) is 7.85. The van der Waals surface area contributed by atoms with Crippen LogP contribution in [0.25, 0.3) is 10.9 Å². The Kier molecular flexibility index (Phi) is 6.49. The molecule has 1 saturated heterocycles. The molecule has 6 nitrogen and oxygen atoms in total. The van der Waals surface area contributed by atoms with Gasteiger partial charge in [0.15, 0.2) is 0 Å². The van der Waals surface area contributed by atoms with Crippen molar-refractivity contribution in [2.24, 2.45) is 0 Å². The highest BCUT2D eigenvalue weighted by molar-refractivity contribution is 5.96. The van der Waals surface area contributed by atoms with Crippen LogP contribution in [-0.2, 0) is 9.59 Å². The van der Waals surface area contributed by atoms with E-state index in [1.165, 1.54) is 19.3 Å². The van der Waals surface area contributed by atoms with Gasteiger partial charge in [0.25, 0.3) is 0 Å². The first kappa shape index (κ1) is 20.1. The number of anilines is 2. The molecule has 0 bridgehead atoms. The molecule has 0 atom stereocenters. The lowest BCUT2D eigenvalue weighted by Crippen LogP contribution is -2.30. The van der Waals surface area contributed by atoms with Gasteiger partial charge in [-0.15, -0.1) is 0 Å². The number of amides is 2. The van der Waals surface area contributed by atoms with Gasteiger partial charge >= 0.3 is 0 Å². The molecule has 2 amide bonds. The van der Waals surface area contributed by atoms with Crippen LogP contribution in [0.3, 0.4) is 0 Å². The third kappa shape index (κ3) is 5.21. The van der Waals surface area contributed by atoms with Crippen LogP contribution >= 0.6 is 0 Å². The minimum absolute atomic E-state index is 0.0846. The van der Waals surface area contributed by atoms with Gasteiger partial charge in [-0.05, 0) is 69.9 Å². The summed E-state index contributed by atoms with van der Waals surface area (Å²) in [5.41, 5.74) is 2.82. The van der Waals surface area contributed by atoms with Crippen LogP contribution in [0.15, 0.2) is 24.3 Å². The van der Waals surface area contributed by atoms with Gasteiger partial charge in [0.2, 0.25) is 11.8 Å². The fourth-order valence-corrected chi connectivity index (χ4v) is 3.58. The summed E-state index contributed by atoms with van der Waals surface area (Å²) in [5.74, 6) is 0.778. The smallest absolute Gasteiger partial charge is 0.224 e. The van der Waals surface area contributed by atoms with Crippen LogP contribution in [0.1, 0.15) is 51.5 Å². The van der Waals surface area contributed by atoms with Gasteiger partial charge in [-0.1, -0.05) is 0 Å². The largest absolute Gasteiger partial charge is 0.357 e. The molecule has 1 aromatic carbocycles. The van der Waals surface area contributed by atoms with E-state index in [0.717, 1.165) is 41.1 Å². The Labute approximate surface area is 166 Å². The van der Waals surface area contributed by atoms with Crippen LogP contribution in [0, 0.1) is 6.92 Å². The van der Waals surface area contributed by atoms with Crippen molar-refractivity contribution in [3.05, 3.63) is 29.8 Å². The molecule has 0 unspecified atom stereocenters. The van der Waals surface area contributed by atoms with Gasteiger partial charge in [0.1, 0.15) is 5.82 Å². The predicted molar refractivity (Wildman–Crippen MR) is 114 cm³/mol. The zero-order valence-corrected chi connectivity index (χ0v) is 17.0. The molecule has 6 heteroatoms. The third-order valence-corrected chi connectivity index (χ3v) is 4.99. The van der Waals surface area contributed by atoms with E-state index >= 15 is 0 Å². The van der Waals surface area contributed by atoms with E-state index in [0.29, 0.717) is 0 Å². The summed E-state index contributed by atoms with van der Waals surface area (Å²) in [6.07, 6.45) is 4.10. The maximum atomic E-state index is 12.2. The summed E-state index contributed by atoms with van der Waals surface area (Å²) in [5, 5.41) is 6.72. The molecule has 0 spiro atoms. The van der Waals surface area contributed by atoms with Crippen molar-refractivity contribution in [1.29, 1.82) is 0 Å². The first-order valence-electron chi connectivity index (χ1n) is 10.2. The van der Waals surface area contributed by atoms with E-state index in [1.54, 1.807) is 0 Å². The Morgan fingerprint density at radius 2 is 1.79 bits per heavy atom. The van der Waals surface area contributed by atoms with E-state index < -0.39 is 0 Å². The Morgan fingerprint density at radius 3 is 2.50 bits per heavy atom. The minimum atomic E-state index is -0.159. The number of carbonyl (C=O) groups is 2. The zero-order chi connectivity index (χ0) is 20.1. The summed E-state index contributed by atoms with van der Waals surface area (Å²) >= 11 is 0. The maximum Gasteiger partial charge on any atom is 0.224 e. The number of aromatic nitrogens is 1. The van der Waals surface area contributed by atoms with E-state index in [2.05, 4.69) is 28.5 Å². The van der Waals surface area contributed by atoms with Crippen molar-refractivity contribution in [2.75, 3.05) is 23.3 Å². The molecule has 0 radical (unpaired) electrons. The van der Waals surface area contributed by atoms with Gasteiger partial charge in [-0.3, -0.25) is 9.59 Å². The van der Waals surface area contributed by atoms with Crippen LogP contribution < -0.4 is 15.5 Å². The standard InChI is InChI=1S/C22H30N4O2/c1-15(2)23-21(27)9-10-22(28)24-17-7-8-19-18(14-17)16(3)13-20(25-19)26-11-5-4-6-12-26/h7-8,13-15H,4-6,9-12H2,1-3H3,(H,23,27)(H,24,28). The summed E-state index contributed by atoms with van der Waals surface area (Å²) in [6, 6.07) is 8.01. The van der Waals surface area contributed by atoms with E-state index in [9.17, 15) is 9.59 Å². The van der Waals surface area contributed by atoms with Gasteiger partial charge in [-0.2, -0.15) is 0 Å². The molecule has 150 valence electrons. The van der Waals surface area contributed by atoms with E-state index in [1.807, 2.05) is 32.0 Å². The molecule has 3 rings (SSSR count). The molecule has 1 fully saturated rings. The molecule has 1 aromatic heterocycles. The summed E-state index contributed by atoms with van der Waals surface area (Å²) in [6.45, 7) is 8.02. The lowest BCUT2D eigenvalue weighted by Gasteiger charge is -2.28. The summed E-state index contributed by atoms with van der Waals surface area (Å²) < 4.78 is 0. The van der Waals surface area contributed by atoms with Crippen LogP contribution in [0.5, 0.6) is 0 Å². The maximum absolute atomic E-state index is 12.2. The highest BCUT2D eigenvalue weighted by atomic mass is 16.2. The normalized spacial score (nSPS) is 14.4. The fourth-order valence-electron chi connectivity index (χ4n) is 3.58. The number of nitrogens with zero attached hydrogens (tertiary/aromatic N) is 2. The van der Waals surface area contributed by atoms with Crippen molar-refractivity contribution in [1.82, 2.24) is 10.3 Å². The monoisotopic (exact) mass is 382 g/mol. The Balaban J connectivity index is 1.67. The number of hydrogen-bond acceptors (Lipinski definition) is 4. The number of aryl methyl sites for hydroxylation is 1. The third-order valence-electron chi connectivity index (χ3n) is 4.99. The Morgan fingerprint density at radius 1 is 1.07 bits per heavy atom. The number of benzene rings is 1. The van der Waals surface area contributed by atoms with Gasteiger partial charge in [0, 0.05) is 43.0 Å². The number of nitrogens with one attached hydrogen (secondary N) is 2. The molecule has 2 heterocycles. The number of rotatable bonds is 6. The van der Waals surface area contributed by atoms with Crippen LogP contribution in [0.2, 0.25) is 0 Å². The molecule has 0 saturated carbocycles. The van der Waals surface area contributed by atoms with Crippen molar-refractivity contribution >= 4 is 34.2 Å².